The van der Waals surface area contributed by atoms with Crippen molar-refractivity contribution in [3.63, 3.8) is 0 Å². The second-order valence-corrected chi connectivity index (χ2v) is 8.32. The maximum atomic E-state index is 11.8. The summed E-state index contributed by atoms with van der Waals surface area (Å²) in [6, 6.07) is -0.736. The van der Waals surface area contributed by atoms with Crippen LogP contribution in [-0.2, 0) is 9.59 Å². The lowest BCUT2D eigenvalue weighted by Crippen LogP contribution is -2.40. The van der Waals surface area contributed by atoms with Crippen LogP contribution in [0.3, 0.4) is 0 Å². The van der Waals surface area contributed by atoms with Crippen LogP contribution >= 0.6 is 0 Å². The Morgan fingerprint density at radius 2 is 1.09 bits per heavy atom. The van der Waals surface area contributed by atoms with Crippen LogP contribution in [0.1, 0.15) is 90.9 Å². The number of amides is 1. The molecule has 192 valence electrons. The lowest BCUT2D eigenvalue weighted by atomic mass is 10.1. The van der Waals surface area contributed by atoms with E-state index in [0.717, 1.165) is 12.8 Å². The van der Waals surface area contributed by atoms with Crippen molar-refractivity contribution in [3.05, 3.63) is 0 Å². The monoisotopic (exact) mass is 462 g/mol. The van der Waals surface area contributed by atoms with Crippen LogP contribution in [0, 0.1) is 0 Å². The minimum atomic E-state index is -0.949. The van der Waals surface area contributed by atoms with Gasteiger partial charge in [0.2, 0.25) is 5.91 Å². The number of unbranched alkanes of at least 4 members (excludes halogenated alkanes) is 10. The summed E-state index contributed by atoms with van der Waals surface area (Å²) in [5.74, 6) is -1.01. The minimum Gasteiger partial charge on any atom is -0.480 e. The molecule has 32 heavy (non-hydrogen) atoms. The van der Waals surface area contributed by atoms with Gasteiger partial charge in [0, 0.05) is 33.1 Å². The zero-order chi connectivity index (χ0) is 24.6. The van der Waals surface area contributed by atoms with Crippen molar-refractivity contribution in [2.75, 3.05) is 46.5 Å². The Balaban J connectivity index is 0. The van der Waals surface area contributed by atoms with Crippen molar-refractivity contribution in [1.29, 1.82) is 0 Å². The Morgan fingerprint density at radius 3 is 1.44 bits per heavy atom. The van der Waals surface area contributed by atoms with Crippen molar-refractivity contribution < 1.29 is 30.0 Å². The van der Waals surface area contributed by atoms with E-state index in [4.69, 9.17) is 20.4 Å². The molecular formula is C24H50N2O6. The van der Waals surface area contributed by atoms with Gasteiger partial charge in [-0.1, -0.05) is 71.1 Å². The number of rotatable bonds is 20. The Bertz CT molecular complexity index is 422. The highest BCUT2D eigenvalue weighted by molar-refractivity contribution is 5.83. The molecule has 0 rings (SSSR count). The van der Waals surface area contributed by atoms with Crippen molar-refractivity contribution >= 4 is 11.9 Å². The molecule has 0 heterocycles. The zero-order valence-electron chi connectivity index (χ0n) is 20.8. The molecule has 0 spiro atoms. The Hall–Kier alpha value is -1.22. The van der Waals surface area contributed by atoms with E-state index in [1.165, 1.54) is 62.7 Å². The first-order chi connectivity index (χ1) is 15.3. The Morgan fingerprint density at radius 1 is 0.719 bits per heavy atom. The topological polar surface area (TPSA) is 122 Å². The fraction of sp³-hybridized carbons (Fsp3) is 0.917. The van der Waals surface area contributed by atoms with Crippen molar-refractivity contribution in [2.24, 2.45) is 0 Å². The number of aliphatic carboxylic acids is 1. The summed E-state index contributed by atoms with van der Waals surface area (Å²) in [6.07, 6.45) is 14.2. The molecule has 0 fully saturated rings. The average molecular weight is 463 g/mol. The smallest absolute Gasteiger partial charge is 0.326 e. The Labute approximate surface area is 195 Å². The SMILES string of the molecule is CCCCCCCCCCCCCC(=O)N(C)C(C)C(=O)O.OCCN(CCO)CCO. The lowest BCUT2D eigenvalue weighted by molar-refractivity contribution is -0.148. The number of hydrogen-bond acceptors (Lipinski definition) is 6. The number of likely N-dealkylation sites (N-methyl/N-ethyl adjacent to an activating group) is 1. The number of aliphatic hydroxyl groups excluding tert-OH is 3. The third-order valence-electron chi connectivity index (χ3n) is 5.57. The average Bonchev–Trinajstić information content (AvgIpc) is 2.77. The standard InChI is InChI=1S/C18H35NO3.C6H15NO3/c1-4-5-6-7-8-9-10-11-12-13-14-15-17(20)19(3)16(2)18(21)22;8-4-1-7(2-5-9)3-6-10/h16H,4-15H2,1-3H3,(H,21,22);8-10H,1-6H2. The molecule has 1 atom stereocenters. The molecule has 0 radical (unpaired) electrons. The summed E-state index contributed by atoms with van der Waals surface area (Å²) in [5, 5.41) is 34.3. The quantitative estimate of drug-likeness (QED) is 0.205. The van der Waals surface area contributed by atoms with Crippen LogP contribution in [-0.4, -0.2) is 94.6 Å². The molecule has 0 aromatic rings. The highest BCUT2D eigenvalue weighted by Crippen LogP contribution is 2.12. The van der Waals surface area contributed by atoms with Crippen LogP contribution < -0.4 is 0 Å². The van der Waals surface area contributed by atoms with Gasteiger partial charge in [-0.25, -0.2) is 4.79 Å². The minimum absolute atomic E-state index is 0.0641. The van der Waals surface area contributed by atoms with Crippen molar-refractivity contribution in [3.8, 4) is 0 Å². The third kappa shape index (κ3) is 20.7. The van der Waals surface area contributed by atoms with E-state index in [2.05, 4.69) is 6.92 Å². The van der Waals surface area contributed by atoms with E-state index < -0.39 is 12.0 Å². The largest absolute Gasteiger partial charge is 0.480 e. The van der Waals surface area contributed by atoms with Crippen LogP contribution in [0.15, 0.2) is 0 Å². The van der Waals surface area contributed by atoms with Gasteiger partial charge < -0.3 is 25.3 Å². The zero-order valence-corrected chi connectivity index (χ0v) is 20.8. The van der Waals surface area contributed by atoms with E-state index in [-0.39, 0.29) is 25.7 Å². The first kappa shape index (κ1) is 33.0. The van der Waals surface area contributed by atoms with Crippen LogP contribution in [0.2, 0.25) is 0 Å². The molecule has 1 amide bonds. The molecule has 0 saturated heterocycles. The molecule has 0 aromatic heterocycles. The number of aliphatic hydroxyl groups is 3. The molecule has 0 aromatic carbocycles. The van der Waals surface area contributed by atoms with Gasteiger partial charge in [0.25, 0.3) is 0 Å². The van der Waals surface area contributed by atoms with Gasteiger partial charge >= 0.3 is 5.97 Å². The normalized spacial score (nSPS) is 11.7. The molecule has 8 heteroatoms. The lowest BCUT2D eigenvalue weighted by Gasteiger charge is -2.21. The van der Waals surface area contributed by atoms with Crippen molar-refractivity contribution in [1.82, 2.24) is 9.80 Å². The molecule has 0 bridgehead atoms. The number of carboxylic acid groups (broad SMARTS) is 1. The van der Waals surface area contributed by atoms with Crippen molar-refractivity contribution in [2.45, 2.75) is 96.9 Å². The van der Waals surface area contributed by atoms with Gasteiger partial charge in [0.15, 0.2) is 0 Å². The summed E-state index contributed by atoms with van der Waals surface area (Å²) < 4.78 is 0. The first-order valence-electron chi connectivity index (χ1n) is 12.4. The number of carbonyl (C=O) groups excluding carboxylic acids is 1. The fourth-order valence-corrected chi connectivity index (χ4v) is 3.26. The van der Waals surface area contributed by atoms with Gasteiger partial charge in [-0.15, -0.1) is 0 Å². The Kier molecular flexibility index (Phi) is 25.2. The molecule has 0 aliphatic carbocycles. The van der Waals surface area contributed by atoms with Gasteiger partial charge in [-0.05, 0) is 13.3 Å². The number of hydrogen-bond donors (Lipinski definition) is 4. The third-order valence-corrected chi connectivity index (χ3v) is 5.57. The van der Waals surface area contributed by atoms with Gasteiger partial charge in [0.05, 0.1) is 19.8 Å². The van der Waals surface area contributed by atoms with E-state index in [0.29, 0.717) is 26.1 Å². The number of carboxylic acids is 1. The fourth-order valence-electron chi connectivity index (χ4n) is 3.26. The maximum Gasteiger partial charge on any atom is 0.326 e. The molecule has 0 aliphatic rings. The summed E-state index contributed by atoms with van der Waals surface area (Å²) in [6.45, 7) is 5.54. The highest BCUT2D eigenvalue weighted by Gasteiger charge is 2.20. The maximum absolute atomic E-state index is 11.8. The second-order valence-electron chi connectivity index (χ2n) is 8.32. The molecule has 8 nitrogen and oxygen atoms in total. The van der Waals surface area contributed by atoms with Crippen LogP contribution in [0.25, 0.3) is 0 Å². The molecule has 4 N–H and O–H groups in total. The summed E-state index contributed by atoms with van der Waals surface area (Å²) >= 11 is 0. The van der Waals surface area contributed by atoms with Gasteiger partial charge in [-0.3, -0.25) is 9.69 Å². The summed E-state index contributed by atoms with van der Waals surface area (Å²) in [4.78, 5) is 25.7. The van der Waals surface area contributed by atoms with E-state index in [1.54, 1.807) is 18.9 Å². The van der Waals surface area contributed by atoms with Gasteiger partial charge in [-0.2, -0.15) is 0 Å². The molecule has 0 aliphatic heterocycles. The molecule has 0 saturated carbocycles. The second kappa shape index (κ2) is 24.4. The first-order valence-corrected chi connectivity index (χ1v) is 12.4. The highest BCUT2D eigenvalue weighted by atomic mass is 16.4. The van der Waals surface area contributed by atoms with Crippen LogP contribution in [0.5, 0.6) is 0 Å². The van der Waals surface area contributed by atoms with Crippen LogP contribution in [0.4, 0.5) is 0 Å². The summed E-state index contributed by atoms with van der Waals surface area (Å²) in [5.41, 5.74) is 0. The molecular weight excluding hydrogens is 412 g/mol. The molecule has 1 unspecified atom stereocenters. The van der Waals surface area contributed by atoms with E-state index in [9.17, 15) is 9.59 Å². The van der Waals surface area contributed by atoms with E-state index >= 15 is 0 Å². The number of carbonyl (C=O) groups is 2. The van der Waals surface area contributed by atoms with Gasteiger partial charge in [0.1, 0.15) is 6.04 Å². The predicted octanol–water partition coefficient (Wildman–Crippen LogP) is 2.88. The predicted molar refractivity (Wildman–Crippen MR) is 129 cm³/mol. The number of nitrogens with zero attached hydrogens (tertiary/aromatic N) is 2. The van der Waals surface area contributed by atoms with E-state index in [1.807, 2.05) is 0 Å². The summed E-state index contributed by atoms with van der Waals surface area (Å²) in [7, 11) is 1.57.